The largest absolute Gasteiger partial charge is 0.504 e. The molecule has 0 saturated carbocycles. The number of hydrazone groups is 1. The number of nitrogens with zero attached hydrogens (tertiary/aromatic N) is 2. The standard InChI is InChI=1S/C22H17N3O4/c23-12-15-1-4-17(5-2-15)18-6-8-19(9-7-18)29-14-22(28)25-24-13-16-3-10-20(26)21(27)11-16/h1-11,13,26-27H,14H2,(H,25,28)/b24-13+. The van der Waals surface area contributed by atoms with Crippen LogP contribution in [0.5, 0.6) is 17.2 Å². The molecule has 0 aliphatic carbocycles. The third kappa shape index (κ3) is 5.34. The lowest BCUT2D eigenvalue weighted by atomic mass is 10.0. The highest BCUT2D eigenvalue weighted by molar-refractivity contribution is 5.83. The number of phenols is 2. The van der Waals surface area contributed by atoms with Crippen LogP contribution in [0.1, 0.15) is 11.1 Å². The minimum Gasteiger partial charge on any atom is -0.504 e. The van der Waals surface area contributed by atoms with E-state index in [-0.39, 0.29) is 18.1 Å². The Bertz CT molecular complexity index is 1070. The molecular weight excluding hydrogens is 370 g/mol. The predicted molar refractivity (Wildman–Crippen MR) is 108 cm³/mol. The number of benzene rings is 3. The molecule has 0 unspecified atom stereocenters. The maximum Gasteiger partial charge on any atom is 0.277 e. The van der Waals surface area contributed by atoms with Crippen molar-refractivity contribution in [1.29, 1.82) is 5.26 Å². The molecule has 29 heavy (non-hydrogen) atoms. The van der Waals surface area contributed by atoms with Gasteiger partial charge in [0.25, 0.3) is 5.91 Å². The van der Waals surface area contributed by atoms with Gasteiger partial charge in [-0.2, -0.15) is 10.4 Å². The molecule has 0 saturated heterocycles. The highest BCUT2D eigenvalue weighted by Crippen LogP contribution is 2.24. The molecule has 3 aromatic carbocycles. The van der Waals surface area contributed by atoms with Gasteiger partial charge in [0.05, 0.1) is 17.8 Å². The first kappa shape index (κ1) is 19.5. The Morgan fingerprint density at radius 3 is 2.28 bits per heavy atom. The topological polar surface area (TPSA) is 115 Å². The van der Waals surface area contributed by atoms with Crippen molar-refractivity contribution < 1.29 is 19.7 Å². The van der Waals surface area contributed by atoms with Crippen molar-refractivity contribution in [2.75, 3.05) is 6.61 Å². The van der Waals surface area contributed by atoms with Gasteiger partial charge in [-0.15, -0.1) is 0 Å². The Labute approximate surface area is 167 Å². The summed E-state index contributed by atoms with van der Waals surface area (Å²) in [4.78, 5) is 11.8. The van der Waals surface area contributed by atoms with Crippen LogP contribution in [0, 0.1) is 11.3 Å². The van der Waals surface area contributed by atoms with Gasteiger partial charge in [0, 0.05) is 0 Å². The highest BCUT2D eigenvalue weighted by atomic mass is 16.5. The number of nitriles is 1. The number of aromatic hydroxyl groups is 2. The van der Waals surface area contributed by atoms with Gasteiger partial charge in [-0.3, -0.25) is 4.79 Å². The van der Waals surface area contributed by atoms with E-state index in [1.807, 2.05) is 24.3 Å². The fourth-order valence-corrected chi connectivity index (χ4v) is 2.46. The number of rotatable bonds is 6. The van der Waals surface area contributed by atoms with Crippen molar-refractivity contribution in [3.05, 3.63) is 77.9 Å². The van der Waals surface area contributed by atoms with E-state index in [4.69, 9.17) is 10.00 Å². The minimum absolute atomic E-state index is 0.214. The quantitative estimate of drug-likeness (QED) is 0.341. The summed E-state index contributed by atoms with van der Waals surface area (Å²) < 4.78 is 5.43. The number of phenolic OH excluding ortho intramolecular Hbond substituents is 2. The van der Waals surface area contributed by atoms with Crippen molar-refractivity contribution in [3.63, 3.8) is 0 Å². The number of nitrogens with one attached hydrogen (secondary N) is 1. The van der Waals surface area contributed by atoms with Crippen molar-refractivity contribution in [2.45, 2.75) is 0 Å². The Kier molecular flexibility index (Phi) is 6.08. The van der Waals surface area contributed by atoms with E-state index in [2.05, 4.69) is 16.6 Å². The van der Waals surface area contributed by atoms with Crippen LogP contribution < -0.4 is 10.2 Å². The molecule has 3 rings (SSSR count). The third-order valence-corrected chi connectivity index (χ3v) is 3.97. The lowest BCUT2D eigenvalue weighted by Gasteiger charge is -2.07. The molecule has 7 heteroatoms. The lowest BCUT2D eigenvalue weighted by Crippen LogP contribution is -2.24. The van der Waals surface area contributed by atoms with Crippen LogP contribution in [0.4, 0.5) is 0 Å². The van der Waals surface area contributed by atoms with Gasteiger partial charge in [0.1, 0.15) is 5.75 Å². The van der Waals surface area contributed by atoms with Crippen LogP contribution in [0.25, 0.3) is 11.1 Å². The summed E-state index contributed by atoms with van der Waals surface area (Å²) in [5.74, 6) is -0.414. The fraction of sp³-hybridized carbons (Fsp3) is 0.0455. The van der Waals surface area contributed by atoms with Gasteiger partial charge < -0.3 is 14.9 Å². The second-order valence-electron chi connectivity index (χ2n) is 6.04. The van der Waals surface area contributed by atoms with Crippen molar-refractivity contribution in [2.24, 2.45) is 5.10 Å². The van der Waals surface area contributed by atoms with Gasteiger partial charge in [0.2, 0.25) is 0 Å². The van der Waals surface area contributed by atoms with E-state index in [0.29, 0.717) is 16.9 Å². The van der Waals surface area contributed by atoms with E-state index >= 15 is 0 Å². The highest BCUT2D eigenvalue weighted by Gasteiger charge is 2.03. The number of hydrogen-bond donors (Lipinski definition) is 3. The summed E-state index contributed by atoms with van der Waals surface area (Å²) in [6.07, 6.45) is 1.34. The van der Waals surface area contributed by atoms with Gasteiger partial charge in [-0.25, -0.2) is 5.43 Å². The molecule has 0 bridgehead atoms. The molecule has 3 N–H and O–H groups in total. The molecule has 0 aliphatic rings. The van der Waals surface area contributed by atoms with Gasteiger partial charge in [-0.05, 0) is 59.2 Å². The maximum atomic E-state index is 11.8. The summed E-state index contributed by atoms with van der Waals surface area (Å²) in [7, 11) is 0. The Balaban J connectivity index is 1.50. The molecule has 3 aromatic rings. The average molecular weight is 387 g/mol. The monoisotopic (exact) mass is 387 g/mol. The Hall–Kier alpha value is -4.31. The molecule has 0 spiro atoms. The third-order valence-electron chi connectivity index (χ3n) is 3.97. The molecule has 0 atom stereocenters. The molecule has 0 aromatic heterocycles. The number of hydrogen-bond acceptors (Lipinski definition) is 6. The lowest BCUT2D eigenvalue weighted by molar-refractivity contribution is -0.123. The second kappa shape index (κ2) is 9.06. The van der Waals surface area contributed by atoms with E-state index in [1.165, 1.54) is 24.4 Å². The van der Waals surface area contributed by atoms with Crippen molar-refractivity contribution >= 4 is 12.1 Å². The maximum absolute atomic E-state index is 11.8. The van der Waals surface area contributed by atoms with Crippen LogP contribution in [0.3, 0.4) is 0 Å². The van der Waals surface area contributed by atoms with E-state index in [1.54, 1.807) is 24.3 Å². The Morgan fingerprint density at radius 2 is 1.66 bits per heavy atom. The van der Waals surface area contributed by atoms with Crippen LogP contribution in [-0.4, -0.2) is 28.9 Å². The molecular formula is C22H17N3O4. The molecule has 144 valence electrons. The zero-order chi connectivity index (χ0) is 20.6. The number of amides is 1. The number of ether oxygens (including phenoxy) is 1. The molecule has 0 fully saturated rings. The normalized spacial score (nSPS) is 10.4. The SMILES string of the molecule is N#Cc1ccc(-c2ccc(OCC(=O)N/N=C/c3ccc(O)c(O)c3)cc2)cc1. The summed E-state index contributed by atoms with van der Waals surface area (Å²) in [6.45, 7) is -0.214. The van der Waals surface area contributed by atoms with Crippen LogP contribution in [-0.2, 0) is 4.79 Å². The summed E-state index contributed by atoms with van der Waals surface area (Å²) in [5.41, 5.74) is 5.37. The van der Waals surface area contributed by atoms with Crippen LogP contribution in [0.15, 0.2) is 71.8 Å². The summed E-state index contributed by atoms with van der Waals surface area (Å²) in [6, 6.07) is 20.7. The summed E-state index contributed by atoms with van der Waals surface area (Å²) in [5, 5.41) is 31.3. The first-order valence-corrected chi connectivity index (χ1v) is 8.62. The van der Waals surface area contributed by atoms with E-state index in [9.17, 15) is 15.0 Å². The number of carbonyl (C=O) groups excluding carboxylic acids is 1. The second-order valence-corrected chi connectivity index (χ2v) is 6.04. The summed E-state index contributed by atoms with van der Waals surface area (Å²) >= 11 is 0. The van der Waals surface area contributed by atoms with E-state index < -0.39 is 5.91 Å². The first-order valence-electron chi connectivity index (χ1n) is 8.62. The van der Waals surface area contributed by atoms with Crippen molar-refractivity contribution in [3.8, 4) is 34.4 Å². The molecule has 0 heterocycles. The smallest absolute Gasteiger partial charge is 0.277 e. The van der Waals surface area contributed by atoms with Gasteiger partial charge in [-0.1, -0.05) is 24.3 Å². The van der Waals surface area contributed by atoms with E-state index in [0.717, 1.165) is 11.1 Å². The zero-order valence-corrected chi connectivity index (χ0v) is 15.2. The van der Waals surface area contributed by atoms with Crippen LogP contribution in [0.2, 0.25) is 0 Å². The fourth-order valence-electron chi connectivity index (χ4n) is 2.46. The van der Waals surface area contributed by atoms with Gasteiger partial charge in [0.15, 0.2) is 18.1 Å². The molecule has 0 aliphatic heterocycles. The predicted octanol–water partition coefficient (Wildman–Crippen LogP) is 3.17. The first-order chi connectivity index (χ1) is 14.0. The van der Waals surface area contributed by atoms with Crippen molar-refractivity contribution in [1.82, 2.24) is 5.43 Å². The minimum atomic E-state index is -0.444. The Morgan fingerprint density at radius 1 is 1.00 bits per heavy atom. The molecule has 0 radical (unpaired) electrons. The van der Waals surface area contributed by atoms with Gasteiger partial charge >= 0.3 is 0 Å². The average Bonchev–Trinajstić information content (AvgIpc) is 2.75. The zero-order valence-electron chi connectivity index (χ0n) is 15.2. The van der Waals surface area contributed by atoms with Crippen LogP contribution >= 0.6 is 0 Å². The number of carbonyl (C=O) groups is 1. The molecule has 7 nitrogen and oxygen atoms in total. The molecule has 1 amide bonds.